The number of pyridine rings is 1. The zero-order valence-electron chi connectivity index (χ0n) is 17.2. The topological polar surface area (TPSA) is 92.1 Å². The fourth-order valence-corrected chi connectivity index (χ4v) is 3.90. The summed E-state index contributed by atoms with van der Waals surface area (Å²) in [6, 6.07) is 14.9. The summed E-state index contributed by atoms with van der Waals surface area (Å²) in [4.78, 5) is 4.21. The highest BCUT2D eigenvalue weighted by atomic mass is 35.5. The molecule has 8 heteroatoms. The van der Waals surface area contributed by atoms with E-state index in [4.69, 9.17) is 21.7 Å². The summed E-state index contributed by atoms with van der Waals surface area (Å²) in [7, 11) is -2.40. The predicted octanol–water partition coefficient (Wildman–Crippen LogP) is 5.30. The second-order valence-corrected chi connectivity index (χ2v) is 8.10. The van der Waals surface area contributed by atoms with E-state index in [2.05, 4.69) is 9.71 Å². The molecule has 1 heterocycles. The minimum absolute atomic E-state index is 0.00263. The largest absolute Gasteiger partial charge is 0.496 e. The predicted molar refractivity (Wildman–Crippen MR) is 122 cm³/mol. The molecule has 0 fully saturated rings. The number of anilines is 1. The van der Waals surface area contributed by atoms with E-state index in [1.165, 1.54) is 31.5 Å². The number of nitrogens with one attached hydrogen (secondary N) is 2. The second kappa shape index (κ2) is 10.2. The minimum atomic E-state index is -3.90. The quantitative estimate of drug-likeness (QED) is 0.504. The van der Waals surface area contributed by atoms with Crippen LogP contribution in [0.5, 0.6) is 5.75 Å². The molecule has 0 aliphatic heterocycles. The van der Waals surface area contributed by atoms with Gasteiger partial charge in [0.25, 0.3) is 10.0 Å². The van der Waals surface area contributed by atoms with Crippen molar-refractivity contribution in [3.8, 4) is 5.75 Å². The highest BCUT2D eigenvalue weighted by Gasteiger charge is 2.22. The van der Waals surface area contributed by atoms with Crippen LogP contribution >= 0.6 is 11.6 Å². The van der Waals surface area contributed by atoms with Crippen molar-refractivity contribution in [1.82, 2.24) is 4.98 Å². The maximum absolute atomic E-state index is 12.8. The number of sulfonamides is 1. The van der Waals surface area contributed by atoms with E-state index in [0.717, 1.165) is 5.56 Å². The van der Waals surface area contributed by atoms with Gasteiger partial charge in [-0.3, -0.25) is 10.1 Å². The smallest absolute Gasteiger partial charge is 0.263 e. The Bertz CT molecular complexity index is 1130. The number of hydrogen-bond acceptors (Lipinski definition) is 5. The van der Waals surface area contributed by atoms with E-state index < -0.39 is 10.0 Å². The number of ether oxygens (including phenoxy) is 1. The van der Waals surface area contributed by atoms with Gasteiger partial charge >= 0.3 is 0 Å². The van der Waals surface area contributed by atoms with Gasteiger partial charge in [-0.2, -0.15) is 0 Å². The van der Waals surface area contributed by atoms with E-state index in [1.807, 2.05) is 20.8 Å². The van der Waals surface area contributed by atoms with Crippen LogP contribution in [0.25, 0.3) is 0 Å². The van der Waals surface area contributed by atoms with Gasteiger partial charge in [-0.1, -0.05) is 55.3 Å². The van der Waals surface area contributed by atoms with Gasteiger partial charge in [0.2, 0.25) is 0 Å². The third-order valence-electron chi connectivity index (χ3n) is 4.09. The highest BCUT2D eigenvalue weighted by Crippen LogP contribution is 2.30. The number of methoxy groups -OCH3 is 1. The molecule has 6 nitrogen and oxygen atoms in total. The molecule has 0 aliphatic carbocycles. The first-order valence-electron chi connectivity index (χ1n) is 9.30. The van der Waals surface area contributed by atoms with Crippen molar-refractivity contribution in [2.24, 2.45) is 0 Å². The van der Waals surface area contributed by atoms with Crippen LogP contribution in [-0.2, 0) is 10.0 Å². The molecule has 2 aromatic carbocycles. The monoisotopic (exact) mass is 445 g/mol. The molecule has 2 N–H and O–H groups in total. The Balaban J connectivity index is 0.00000155. The van der Waals surface area contributed by atoms with Crippen LogP contribution in [0.2, 0.25) is 5.02 Å². The molecule has 0 amide bonds. The molecule has 1 aromatic heterocycles. The maximum atomic E-state index is 12.8. The van der Waals surface area contributed by atoms with Crippen molar-refractivity contribution in [3.63, 3.8) is 0 Å². The van der Waals surface area contributed by atoms with Gasteiger partial charge < -0.3 is 4.74 Å². The van der Waals surface area contributed by atoms with E-state index in [1.54, 1.807) is 36.4 Å². The molecule has 0 aliphatic rings. The van der Waals surface area contributed by atoms with Crippen molar-refractivity contribution in [3.05, 3.63) is 82.5 Å². The Kier molecular flexibility index (Phi) is 7.97. The fraction of sp³-hybridized carbons (Fsp3) is 0.182. The lowest BCUT2D eigenvalue weighted by Gasteiger charge is -2.15. The number of rotatable bonds is 6. The molecule has 3 rings (SSSR count). The molecule has 0 saturated heterocycles. The van der Waals surface area contributed by atoms with Crippen LogP contribution < -0.4 is 9.46 Å². The van der Waals surface area contributed by atoms with Crippen molar-refractivity contribution >= 4 is 33.2 Å². The Morgan fingerprint density at radius 3 is 2.33 bits per heavy atom. The average molecular weight is 446 g/mol. The number of aromatic nitrogens is 1. The SMILES string of the molecule is CC.COc1ccccc1C(=N)c1c(Cl)ccnc1NS(=O)(=O)c1ccc(C)cc1. The van der Waals surface area contributed by atoms with E-state index in [0.29, 0.717) is 11.3 Å². The fourth-order valence-electron chi connectivity index (χ4n) is 2.64. The molecular weight excluding hydrogens is 422 g/mol. The molecule has 30 heavy (non-hydrogen) atoms. The number of benzene rings is 2. The Labute approximate surface area is 182 Å². The normalized spacial score (nSPS) is 10.6. The van der Waals surface area contributed by atoms with Crippen LogP contribution in [0.1, 0.15) is 30.5 Å². The van der Waals surface area contributed by atoms with Gasteiger partial charge in [0.05, 0.1) is 28.3 Å². The summed E-state index contributed by atoms with van der Waals surface area (Å²) in [5, 5.41) is 8.80. The van der Waals surface area contributed by atoms with Crippen LogP contribution in [0.3, 0.4) is 0 Å². The van der Waals surface area contributed by atoms with Gasteiger partial charge in [-0.05, 0) is 37.3 Å². The van der Waals surface area contributed by atoms with E-state index >= 15 is 0 Å². The molecule has 158 valence electrons. The first-order chi connectivity index (χ1) is 14.3. The molecule has 0 bridgehead atoms. The first kappa shape index (κ1) is 23.4. The zero-order valence-corrected chi connectivity index (χ0v) is 18.8. The van der Waals surface area contributed by atoms with Crippen LogP contribution in [0, 0.1) is 12.3 Å². The molecule has 0 saturated carbocycles. The lowest BCUT2D eigenvalue weighted by atomic mass is 10.0. The summed E-state index contributed by atoms with van der Waals surface area (Å²) in [5.74, 6) is 0.448. The van der Waals surface area contributed by atoms with Gasteiger partial charge in [-0.15, -0.1) is 0 Å². The van der Waals surface area contributed by atoms with Crippen molar-refractivity contribution in [1.29, 1.82) is 5.41 Å². The molecular formula is C22H24ClN3O3S. The van der Waals surface area contributed by atoms with Crippen molar-refractivity contribution in [2.45, 2.75) is 25.7 Å². The lowest BCUT2D eigenvalue weighted by molar-refractivity contribution is 0.414. The molecule has 0 radical (unpaired) electrons. The maximum Gasteiger partial charge on any atom is 0.263 e. The van der Waals surface area contributed by atoms with Crippen LogP contribution in [-0.4, -0.2) is 26.2 Å². The zero-order chi connectivity index (χ0) is 22.3. The molecule has 3 aromatic rings. The minimum Gasteiger partial charge on any atom is -0.496 e. The van der Waals surface area contributed by atoms with Crippen LogP contribution in [0.15, 0.2) is 65.7 Å². The summed E-state index contributed by atoms with van der Waals surface area (Å²) in [5.41, 5.74) is 1.58. The first-order valence-corrected chi connectivity index (χ1v) is 11.2. The number of nitrogens with zero attached hydrogens (tertiary/aromatic N) is 1. The van der Waals surface area contributed by atoms with Gasteiger partial charge in [0.1, 0.15) is 5.75 Å². The summed E-state index contributed by atoms with van der Waals surface area (Å²) < 4.78 is 33.3. The number of halogens is 1. The number of hydrogen-bond donors (Lipinski definition) is 2. The van der Waals surface area contributed by atoms with Crippen LogP contribution in [0.4, 0.5) is 5.82 Å². The molecule has 0 atom stereocenters. The second-order valence-electron chi connectivity index (χ2n) is 6.01. The average Bonchev–Trinajstić information content (AvgIpc) is 2.75. The van der Waals surface area contributed by atoms with E-state index in [-0.39, 0.29) is 27.0 Å². The van der Waals surface area contributed by atoms with Gasteiger partial charge in [-0.25, -0.2) is 13.4 Å². The standard InChI is InChI=1S/C20H18ClN3O3S.C2H6/c1-13-7-9-14(10-8-13)28(25,26)24-20-18(16(21)11-12-23-20)19(22)15-5-3-4-6-17(15)27-2;1-2/h3-12,22H,1-2H3,(H,23,24);1-2H3. The Morgan fingerprint density at radius 2 is 1.70 bits per heavy atom. The highest BCUT2D eigenvalue weighted by molar-refractivity contribution is 7.92. The third-order valence-corrected chi connectivity index (χ3v) is 5.76. The summed E-state index contributed by atoms with van der Waals surface area (Å²) in [6.07, 6.45) is 1.38. The summed E-state index contributed by atoms with van der Waals surface area (Å²) >= 11 is 6.31. The summed E-state index contributed by atoms with van der Waals surface area (Å²) in [6.45, 7) is 5.87. The third kappa shape index (κ3) is 5.17. The van der Waals surface area contributed by atoms with Crippen molar-refractivity contribution in [2.75, 3.05) is 11.8 Å². The van der Waals surface area contributed by atoms with Gasteiger partial charge in [0.15, 0.2) is 5.82 Å². The Morgan fingerprint density at radius 1 is 1.07 bits per heavy atom. The number of aryl methyl sites for hydroxylation is 1. The Hall–Kier alpha value is -2.90. The van der Waals surface area contributed by atoms with Gasteiger partial charge in [0, 0.05) is 11.8 Å². The van der Waals surface area contributed by atoms with Crippen molar-refractivity contribution < 1.29 is 13.2 Å². The molecule has 0 spiro atoms. The number of para-hydroxylation sites is 1. The molecule has 0 unspecified atom stereocenters. The lowest BCUT2D eigenvalue weighted by Crippen LogP contribution is -2.17. The van der Waals surface area contributed by atoms with E-state index in [9.17, 15) is 8.42 Å².